The molecule has 1 N–H and O–H groups in total. The smallest absolute Gasteiger partial charge is 0.337 e. The van der Waals surface area contributed by atoms with E-state index in [0.717, 1.165) is 5.56 Å². The van der Waals surface area contributed by atoms with Gasteiger partial charge in [-0.15, -0.1) is 0 Å². The van der Waals surface area contributed by atoms with Gasteiger partial charge in [-0.25, -0.2) is 4.79 Å². The van der Waals surface area contributed by atoms with E-state index in [2.05, 4.69) is 5.32 Å². The molecule has 1 unspecified atom stereocenters. The zero-order valence-electron chi connectivity index (χ0n) is 14.9. The van der Waals surface area contributed by atoms with Gasteiger partial charge >= 0.3 is 5.97 Å². The first-order valence-corrected chi connectivity index (χ1v) is 7.90. The molecule has 1 amide bonds. The Labute approximate surface area is 145 Å². The lowest BCUT2D eigenvalue weighted by atomic mass is 9.82. The molecule has 2 aliphatic rings. The number of methoxy groups -OCH3 is 3. The van der Waals surface area contributed by atoms with Crippen molar-refractivity contribution in [3.63, 3.8) is 0 Å². The van der Waals surface area contributed by atoms with E-state index in [1.54, 1.807) is 26.0 Å². The minimum Gasteiger partial charge on any atom is -0.493 e. The second-order valence-corrected chi connectivity index (χ2v) is 6.45. The van der Waals surface area contributed by atoms with Crippen LogP contribution in [0.5, 0.6) is 17.2 Å². The third kappa shape index (κ3) is 2.69. The van der Waals surface area contributed by atoms with Gasteiger partial charge in [-0.05, 0) is 31.5 Å². The molecule has 2 aliphatic heterocycles. The zero-order valence-corrected chi connectivity index (χ0v) is 14.9. The number of rotatable bonds is 4. The van der Waals surface area contributed by atoms with Crippen LogP contribution in [0.1, 0.15) is 31.7 Å². The van der Waals surface area contributed by atoms with E-state index in [1.807, 2.05) is 0 Å². The summed E-state index contributed by atoms with van der Waals surface area (Å²) in [5.41, 5.74) is 0.861. The molecule has 0 fully saturated rings. The highest BCUT2D eigenvalue weighted by molar-refractivity contribution is 5.99. The molecule has 2 heterocycles. The van der Waals surface area contributed by atoms with Crippen molar-refractivity contribution >= 4 is 11.9 Å². The maximum absolute atomic E-state index is 12.4. The monoisotopic (exact) mass is 347 g/mol. The molecule has 3 rings (SSSR count). The summed E-state index contributed by atoms with van der Waals surface area (Å²) in [6.07, 6.45) is 0.142. The number of cyclic esters (lactones) is 1. The Morgan fingerprint density at radius 3 is 2.20 bits per heavy atom. The molecule has 0 saturated heterocycles. The van der Waals surface area contributed by atoms with Crippen molar-refractivity contribution in [3.8, 4) is 17.2 Å². The third-order valence-electron chi connectivity index (χ3n) is 4.53. The fraction of sp³-hybridized carbons (Fsp3) is 0.444. The first-order chi connectivity index (χ1) is 11.8. The lowest BCUT2D eigenvalue weighted by Gasteiger charge is -2.27. The Kier molecular flexibility index (Phi) is 4.10. The maximum Gasteiger partial charge on any atom is 0.337 e. The van der Waals surface area contributed by atoms with Crippen molar-refractivity contribution < 1.29 is 28.5 Å². The largest absolute Gasteiger partial charge is 0.493 e. The van der Waals surface area contributed by atoms with E-state index >= 15 is 0 Å². The molecule has 1 aromatic carbocycles. The van der Waals surface area contributed by atoms with Gasteiger partial charge in [-0.3, -0.25) is 4.79 Å². The van der Waals surface area contributed by atoms with Gasteiger partial charge in [0.1, 0.15) is 5.60 Å². The van der Waals surface area contributed by atoms with Crippen LogP contribution < -0.4 is 19.5 Å². The quantitative estimate of drug-likeness (QED) is 0.838. The van der Waals surface area contributed by atoms with Crippen LogP contribution in [0.3, 0.4) is 0 Å². The number of amides is 1. The number of ether oxygens (including phenoxy) is 4. The Morgan fingerprint density at radius 1 is 1.08 bits per heavy atom. The molecule has 0 bridgehead atoms. The van der Waals surface area contributed by atoms with Crippen LogP contribution in [-0.2, 0) is 14.3 Å². The topological polar surface area (TPSA) is 83.1 Å². The summed E-state index contributed by atoms with van der Waals surface area (Å²) < 4.78 is 21.5. The summed E-state index contributed by atoms with van der Waals surface area (Å²) in [6, 6.07) is 3.52. The molecule has 0 spiro atoms. The molecule has 0 radical (unpaired) electrons. The first-order valence-electron chi connectivity index (χ1n) is 7.90. The van der Waals surface area contributed by atoms with Crippen LogP contribution in [-0.4, -0.2) is 38.8 Å². The van der Waals surface area contributed by atoms with Crippen molar-refractivity contribution in [2.45, 2.75) is 31.8 Å². The normalized spacial score (nSPS) is 21.4. The molecular formula is C18H21NO6. The maximum atomic E-state index is 12.4. The molecule has 0 aromatic heterocycles. The fourth-order valence-corrected chi connectivity index (χ4v) is 3.36. The Balaban J connectivity index is 2.17. The fourth-order valence-electron chi connectivity index (χ4n) is 3.36. The van der Waals surface area contributed by atoms with Crippen molar-refractivity contribution in [1.82, 2.24) is 5.32 Å². The van der Waals surface area contributed by atoms with Crippen LogP contribution in [0.25, 0.3) is 0 Å². The molecular weight excluding hydrogens is 326 g/mol. The van der Waals surface area contributed by atoms with Gasteiger partial charge in [0, 0.05) is 12.3 Å². The van der Waals surface area contributed by atoms with Crippen LogP contribution in [0.15, 0.2) is 23.4 Å². The Morgan fingerprint density at radius 2 is 1.68 bits per heavy atom. The summed E-state index contributed by atoms with van der Waals surface area (Å²) in [5.74, 6) is 0.373. The second kappa shape index (κ2) is 5.98. The highest BCUT2D eigenvalue weighted by Gasteiger charge is 2.47. The number of benzene rings is 1. The lowest BCUT2D eigenvalue weighted by molar-refractivity contribution is -0.144. The molecule has 25 heavy (non-hydrogen) atoms. The number of carbonyl (C=O) groups excluding carboxylic acids is 2. The van der Waals surface area contributed by atoms with Gasteiger partial charge < -0.3 is 24.3 Å². The number of nitrogens with one attached hydrogen (secondary N) is 1. The Bertz CT molecular complexity index is 755. The molecule has 1 atom stereocenters. The van der Waals surface area contributed by atoms with E-state index in [0.29, 0.717) is 28.5 Å². The minimum atomic E-state index is -0.860. The number of hydrogen-bond acceptors (Lipinski definition) is 6. The molecule has 0 aliphatic carbocycles. The van der Waals surface area contributed by atoms with Gasteiger partial charge in [0.15, 0.2) is 11.5 Å². The third-order valence-corrected chi connectivity index (χ3v) is 4.53. The van der Waals surface area contributed by atoms with Crippen molar-refractivity contribution in [3.05, 3.63) is 29.0 Å². The highest BCUT2D eigenvalue weighted by atomic mass is 16.6. The van der Waals surface area contributed by atoms with Crippen molar-refractivity contribution in [2.75, 3.05) is 21.3 Å². The standard InChI is InChI=1S/C18H21NO6/c1-18(2)16-14(17(21)25-18)10(8-13(20)19-16)9-6-11(22-3)15(24-5)12(7-9)23-4/h6-7,10H,8H2,1-5H3,(H,19,20). The lowest BCUT2D eigenvalue weighted by Crippen LogP contribution is -2.38. The van der Waals surface area contributed by atoms with Gasteiger partial charge in [-0.2, -0.15) is 0 Å². The molecule has 1 aromatic rings. The van der Waals surface area contributed by atoms with Crippen LogP contribution in [0.4, 0.5) is 0 Å². The van der Waals surface area contributed by atoms with E-state index < -0.39 is 17.5 Å². The Hall–Kier alpha value is -2.70. The summed E-state index contributed by atoms with van der Waals surface area (Å²) >= 11 is 0. The van der Waals surface area contributed by atoms with E-state index in [9.17, 15) is 9.59 Å². The average molecular weight is 347 g/mol. The van der Waals surface area contributed by atoms with Crippen LogP contribution in [0, 0.1) is 0 Å². The van der Waals surface area contributed by atoms with Gasteiger partial charge in [0.25, 0.3) is 0 Å². The summed E-state index contributed by atoms with van der Waals surface area (Å²) in [5, 5.41) is 2.79. The second-order valence-electron chi connectivity index (χ2n) is 6.45. The van der Waals surface area contributed by atoms with E-state index in [1.165, 1.54) is 21.3 Å². The SMILES string of the molecule is COc1cc(C2CC(=O)NC3=C2C(=O)OC3(C)C)cc(OC)c1OC. The summed E-state index contributed by atoms with van der Waals surface area (Å²) in [4.78, 5) is 24.6. The predicted molar refractivity (Wildman–Crippen MR) is 88.8 cm³/mol. The number of esters is 1. The van der Waals surface area contributed by atoms with Gasteiger partial charge in [-0.1, -0.05) is 0 Å². The molecule has 0 saturated carbocycles. The van der Waals surface area contributed by atoms with Crippen LogP contribution in [0.2, 0.25) is 0 Å². The van der Waals surface area contributed by atoms with Gasteiger partial charge in [0.2, 0.25) is 11.7 Å². The van der Waals surface area contributed by atoms with E-state index in [4.69, 9.17) is 18.9 Å². The number of hydrogen-bond donors (Lipinski definition) is 1. The van der Waals surface area contributed by atoms with E-state index in [-0.39, 0.29) is 12.3 Å². The first kappa shape index (κ1) is 17.1. The van der Waals surface area contributed by atoms with Gasteiger partial charge in [0.05, 0.1) is 32.6 Å². The molecule has 7 heteroatoms. The average Bonchev–Trinajstić information content (AvgIpc) is 2.81. The predicted octanol–water partition coefficient (Wildman–Crippen LogP) is 1.91. The minimum absolute atomic E-state index is 0.142. The number of carbonyl (C=O) groups is 2. The molecule has 134 valence electrons. The zero-order chi connectivity index (χ0) is 18.4. The van der Waals surface area contributed by atoms with Crippen LogP contribution >= 0.6 is 0 Å². The van der Waals surface area contributed by atoms with Crippen molar-refractivity contribution in [1.29, 1.82) is 0 Å². The summed E-state index contributed by atoms with van der Waals surface area (Å²) in [7, 11) is 4.56. The summed E-state index contributed by atoms with van der Waals surface area (Å²) in [6.45, 7) is 3.51. The molecule has 7 nitrogen and oxygen atoms in total. The highest BCUT2D eigenvalue weighted by Crippen LogP contribution is 2.46. The van der Waals surface area contributed by atoms with Crippen molar-refractivity contribution in [2.24, 2.45) is 0 Å².